The lowest BCUT2D eigenvalue weighted by molar-refractivity contribution is 0.174. The number of aromatic nitrogens is 2. The number of fused-ring (bicyclic) bond motifs is 1. The van der Waals surface area contributed by atoms with E-state index in [1.54, 1.807) is 36.7 Å². The van der Waals surface area contributed by atoms with E-state index >= 15 is 0 Å². The summed E-state index contributed by atoms with van der Waals surface area (Å²) in [6, 6.07) is 6.27. The Hall–Kier alpha value is -3.12. The Morgan fingerprint density at radius 1 is 1.07 bits per heavy atom. The van der Waals surface area contributed by atoms with Crippen LogP contribution >= 0.6 is 0 Å². The molecule has 1 aromatic heterocycles. The molecule has 0 atom stereocenters. The molecule has 1 aromatic carbocycles. The van der Waals surface area contributed by atoms with E-state index in [0.29, 0.717) is 49.3 Å². The number of hydrogen-bond donors (Lipinski definition) is 2. The molecule has 0 spiro atoms. The zero-order valence-electron chi connectivity index (χ0n) is 16.2. The molecule has 0 saturated carbocycles. The summed E-state index contributed by atoms with van der Waals surface area (Å²) in [6.07, 6.45) is 3.32. The predicted molar refractivity (Wildman–Crippen MR) is 109 cm³/mol. The topological polar surface area (TPSA) is 126 Å². The second kappa shape index (κ2) is 8.71. The lowest BCUT2D eigenvalue weighted by Crippen LogP contribution is -2.50. The van der Waals surface area contributed by atoms with Crippen molar-refractivity contribution in [1.82, 2.24) is 19.6 Å². The third-order valence-electron chi connectivity index (χ3n) is 4.74. The molecule has 1 saturated heterocycles. The van der Waals surface area contributed by atoms with Gasteiger partial charge in [-0.25, -0.2) is 23.2 Å². The number of hydrogen-bond acceptors (Lipinski definition) is 8. The highest BCUT2D eigenvalue weighted by Gasteiger charge is 2.27. The van der Waals surface area contributed by atoms with Crippen LogP contribution in [0, 0.1) is 0 Å². The highest BCUT2D eigenvalue weighted by atomic mass is 32.2. The molecule has 2 amide bonds. The summed E-state index contributed by atoms with van der Waals surface area (Å²) in [5, 5.41) is 5.22. The van der Waals surface area contributed by atoms with Gasteiger partial charge >= 0.3 is 6.03 Å². The van der Waals surface area contributed by atoms with Crippen molar-refractivity contribution in [3.05, 3.63) is 36.7 Å². The van der Waals surface area contributed by atoms with Crippen LogP contribution in [0.3, 0.4) is 0 Å². The molecule has 12 heteroatoms. The van der Waals surface area contributed by atoms with Gasteiger partial charge in [0.15, 0.2) is 11.5 Å². The monoisotopic (exact) mass is 434 g/mol. The largest absolute Gasteiger partial charge is 0.454 e. The summed E-state index contributed by atoms with van der Waals surface area (Å²) >= 11 is 0. The van der Waals surface area contributed by atoms with Crippen molar-refractivity contribution >= 4 is 27.7 Å². The van der Waals surface area contributed by atoms with Gasteiger partial charge in [0.2, 0.25) is 22.8 Å². The van der Waals surface area contributed by atoms with Crippen LogP contribution < -0.4 is 25.0 Å². The van der Waals surface area contributed by atoms with Gasteiger partial charge in [-0.2, -0.15) is 4.31 Å². The normalized spacial score (nSPS) is 16.3. The van der Waals surface area contributed by atoms with E-state index in [9.17, 15) is 13.2 Å². The van der Waals surface area contributed by atoms with Gasteiger partial charge in [-0.15, -0.1) is 0 Å². The van der Waals surface area contributed by atoms with Crippen molar-refractivity contribution in [2.45, 2.75) is 0 Å². The number of nitrogens with zero attached hydrogens (tertiary/aromatic N) is 4. The number of ether oxygens (including phenoxy) is 2. The molecule has 160 valence electrons. The molecule has 2 N–H and O–H groups in total. The van der Waals surface area contributed by atoms with Gasteiger partial charge in [-0.3, -0.25) is 0 Å². The molecule has 3 heterocycles. The molecular weight excluding hydrogens is 412 g/mol. The van der Waals surface area contributed by atoms with Crippen LogP contribution in [-0.2, 0) is 10.0 Å². The van der Waals surface area contributed by atoms with Crippen LogP contribution in [-0.4, -0.2) is 74.0 Å². The summed E-state index contributed by atoms with van der Waals surface area (Å²) in [4.78, 5) is 22.4. The Balaban J connectivity index is 1.22. The van der Waals surface area contributed by atoms with Crippen LogP contribution in [0.1, 0.15) is 0 Å². The maximum Gasteiger partial charge on any atom is 0.319 e. The Morgan fingerprint density at radius 3 is 2.57 bits per heavy atom. The van der Waals surface area contributed by atoms with Gasteiger partial charge < -0.3 is 25.0 Å². The van der Waals surface area contributed by atoms with Crippen molar-refractivity contribution < 1.29 is 22.7 Å². The third-order valence-corrected chi connectivity index (χ3v) is 6.61. The number of anilines is 2. The molecule has 4 rings (SSSR count). The zero-order valence-corrected chi connectivity index (χ0v) is 17.0. The maximum atomic E-state index is 12.6. The van der Waals surface area contributed by atoms with Crippen molar-refractivity contribution in [2.75, 3.05) is 55.5 Å². The summed E-state index contributed by atoms with van der Waals surface area (Å²) in [5.74, 6) is 1.58. The van der Waals surface area contributed by atoms with Gasteiger partial charge in [-0.1, -0.05) is 0 Å². The molecule has 11 nitrogen and oxygen atoms in total. The highest BCUT2D eigenvalue weighted by molar-refractivity contribution is 7.89. The van der Waals surface area contributed by atoms with E-state index < -0.39 is 16.1 Å². The van der Waals surface area contributed by atoms with Crippen LogP contribution in [0.15, 0.2) is 36.7 Å². The Kier molecular flexibility index (Phi) is 5.86. The summed E-state index contributed by atoms with van der Waals surface area (Å²) < 4.78 is 37.1. The number of nitrogens with one attached hydrogen (secondary N) is 2. The van der Waals surface area contributed by atoms with Crippen LogP contribution in [0.5, 0.6) is 11.5 Å². The Morgan fingerprint density at radius 2 is 1.80 bits per heavy atom. The lowest BCUT2D eigenvalue weighted by atomic mass is 10.3. The summed E-state index contributed by atoms with van der Waals surface area (Å²) in [7, 11) is -3.48. The lowest BCUT2D eigenvalue weighted by Gasteiger charge is -2.33. The van der Waals surface area contributed by atoms with Gasteiger partial charge in [0.1, 0.15) is 0 Å². The quantitative estimate of drug-likeness (QED) is 0.672. The first-order valence-electron chi connectivity index (χ1n) is 9.45. The SMILES string of the molecule is O=C(NCCS(=O)(=O)N1CCN(c2ncccn2)CC1)Nc1ccc2c(c1)OCO2. The first-order chi connectivity index (χ1) is 14.5. The van der Waals surface area contributed by atoms with Crippen LogP contribution in [0.25, 0.3) is 0 Å². The number of sulfonamides is 1. The molecule has 1 fully saturated rings. The number of benzene rings is 1. The molecule has 2 aliphatic rings. The molecular formula is C18H22N6O5S. The van der Waals surface area contributed by atoms with Gasteiger partial charge in [0.05, 0.1) is 5.75 Å². The molecule has 0 radical (unpaired) electrons. The fraction of sp³-hybridized carbons (Fsp3) is 0.389. The number of carbonyl (C=O) groups excluding carboxylic acids is 1. The smallest absolute Gasteiger partial charge is 0.319 e. The number of urea groups is 1. The average molecular weight is 434 g/mol. The number of piperazine rings is 1. The minimum atomic E-state index is -3.48. The second-order valence-electron chi connectivity index (χ2n) is 6.70. The van der Waals surface area contributed by atoms with Crippen LogP contribution in [0.2, 0.25) is 0 Å². The van der Waals surface area contributed by atoms with Gasteiger partial charge in [0, 0.05) is 56.9 Å². The van der Waals surface area contributed by atoms with Crippen LogP contribution in [0.4, 0.5) is 16.4 Å². The third kappa shape index (κ3) is 4.71. The van der Waals surface area contributed by atoms with Gasteiger partial charge in [0.25, 0.3) is 0 Å². The summed E-state index contributed by atoms with van der Waals surface area (Å²) in [5.41, 5.74) is 0.527. The second-order valence-corrected chi connectivity index (χ2v) is 8.79. The Labute approximate surface area is 174 Å². The fourth-order valence-electron chi connectivity index (χ4n) is 3.19. The average Bonchev–Trinajstić information content (AvgIpc) is 3.22. The minimum absolute atomic E-state index is 0.000723. The van der Waals surface area contributed by atoms with E-state index in [0.717, 1.165) is 0 Å². The van der Waals surface area contributed by atoms with Crippen molar-refractivity contribution in [3.63, 3.8) is 0 Å². The molecule has 0 aliphatic carbocycles. The first kappa shape index (κ1) is 20.2. The van der Waals surface area contributed by atoms with E-state index in [4.69, 9.17) is 9.47 Å². The van der Waals surface area contributed by atoms with Crippen molar-refractivity contribution in [2.24, 2.45) is 0 Å². The van der Waals surface area contributed by atoms with E-state index in [-0.39, 0.29) is 19.1 Å². The molecule has 30 heavy (non-hydrogen) atoms. The zero-order chi connectivity index (χ0) is 21.0. The fourth-order valence-corrected chi connectivity index (χ4v) is 4.53. The first-order valence-corrected chi connectivity index (χ1v) is 11.1. The highest BCUT2D eigenvalue weighted by Crippen LogP contribution is 2.34. The standard InChI is InChI=1S/C18H22N6O5S/c25-18(22-14-2-3-15-16(12-14)29-13-28-15)21-6-11-30(26,27)24-9-7-23(8-10-24)17-19-4-1-5-20-17/h1-5,12H,6-11,13H2,(H2,21,22,25). The summed E-state index contributed by atoms with van der Waals surface area (Å²) in [6.45, 7) is 1.88. The van der Waals surface area contributed by atoms with Crippen molar-refractivity contribution in [1.29, 1.82) is 0 Å². The van der Waals surface area contributed by atoms with E-state index in [2.05, 4.69) is 20.6 Å². The Bertz CT molecular complexity index is 995. The number of carbonyl (C=O) groups is 1. The van der Waals surface area contributed by atoms with E-state index in [1.807, 2.05) is 4.90 Å². The van der Waals surface area contributed by atoms with Gasteiger partial charge in [-0.05, 0) is 18.2 Å². The molecule has 0 unspecified atom stereocenters. The predicted octanol–water partition coefficient (Wildman–Crippen LogP) is 0.479. The maximum absolute atomic E-state index is 12.6. The van der Waals surface area contributed by atoms with E-state index in [1.165, 1.54) is 4.31 Å². The molecule has 0 bridgehead atoms. The molecule has 2 aromatic rings. The van der Waals surface area contributed by atoms with Crippen molar-refractivity contribution in [3.8, 4) is 11.5 Å². The number of rotatable bonds is 6. The minimum Gasteiger partial charge on any atom is -0.454 e. The molecule has 2 aliphatic heterocycles. The number of amides is 2.